The van der Waals surface area contributed by atoms with E-state index in [4.69, 9.17) is 11.6 Å². The summed E-state index contributed by atoms with van der Waals surface area (Å²) in [5, 5.41) is 0. The second kappa shape index (κ2) is 3.83. The van der Waals surface area contributed by atoms with E-state index in [2.05, 4.69) is 0 Å². The van der Waals surface area contributed by atoms with Crippen LogP contribution in [0.4, 0.5) is 0 Å². The van der Waals surface area contributed by atoms with Gasteiger partial charge in [-0.15, -0.1) is 11.3 Å². The maximum absolute atomic E-state index is 11.5. The van der Waals surface area contributed by atoms with Crippen molar-refractivity contribution >= 4 is 34.5 Å². The van der Waals surface area contributed by atoms with E-state index in [1.54, 1.807) is 12.1 Å². The lowest BCUT2D eigenvalue weighted by molar-refractivity contribution is -0.119. The number of Topliss-reactive ketones (excluding diaryl/α,β-unsaturated/α-hetero) is 2. The largest absolute Gasteiger partial charge is 0.299 e. The van der Waals surface area contributed by atoms with Crippen LogP contribution >= 0.6 is 22.9 Å². The van der Waals surface area contributed by atoms with Gasteiger partial charge in [0.25, 0.3) is 0 Å². The molecule has 14 heavy (non-hydrogen) atoms. The molecule has 2 nitrogen and oxygen atoms in total. The Bertz CT molecular complexity index is 379. The molecule has 1 heterocycles. The molecular weight excluding hydrogens is 220 g/mol. The minimum Gasteiger partial charge on any atom is -0.299 e. The van der Waals surface area contributed by atoms with Crippen LogP contribution in [0.3, 0.4) is 0 Å². The molecule has 4 heteroatoms. The number of hydrogen-bond donors (Lipinski definition) is 0. The Kier molecular flexibility index (Phi) is 2.70. The minimum atomic E-state index is -0.0983. The summed E-state index contributed by atoms with van der Waals surface area (Å²) in [7, 11) is 0. The molecule has 74 valence electrons. The number of halogens is 1. The van der Waals surface area contributed by atoms with Crippen molar-refractivity contribution in [3.8, 4) is 0 Å². The Balaban J connectivity index is 1.98. The zero-order chi connectivity index (χ0) is 10.1. The first-order valence-electron chi connectivity index (χ1n) is 4.48. The van der Waals surface area contributed by atoms with Crippen molar-refractivity contribution in [1.29, 1.82) is 0 Å². The maximum atomic E-state index is 11.5. The van der Waals surface area contributed by atoms with Crippen molar-refractivity contribution in [2.75, 3.05) is 0 Å². The Morgan fingerprint density at radius 3 is 2.64 bits per heavy atom. The highest BCUT2D eigenvalue weighted by Gasteiger charge is 2.30. The highest BCUT2D eigenvalue weighted by molar-refractivity contribution is 7.18. The fourth-order valence-electron chi connectivity index (χ4n) is 1.26. The number of ketones is 2. The van der Waals surface area contributed by atoms with Gasteiger partial charge in [0.2, 0.25) is 0 Å². The molecule has 0 bridgehead atoms. The number of rotatable bonds is 4. The molecule has 0 radical (unpaired) electrons. The topological polar surface area (TPSA) is 34.1 Å². The lowest BCUT2D eigenvalue weighted by Crippen LogP contribution is -2.08. The molecule has 0 aromatic carbocycles. The average Bonchev–Trinajstić information content (AvgIpc) is 2.89. The Morgan fingerprint density at radius 1 is 1.43 bits per heavy atom. The second-order valence-electron chi connectivity index (χ2n) is 3.44. The van der Waals surface area contributed by atoms with E-state index in [9.17, 15) is 9.59 Å². The second-order valence-corrected chi connectivity index (χ2v) is 5.16. The molecule has 1 aliphatic carbocycles. The summed E-state index contributed by atoms with van der Waals surface area (Å²) in [6.45, 7) is 0. The van der Waals surface area contributed by atoms with Gasteiger partial charge in [-0.3, -0.25) is 9.59 Å². The maximum Gasteiger partial charge on any atom is 0.180 e. The minimum absolute atomic E-state index is 0.0432. The molecule has 2 rings (SSSR count). The lowest BCUT2D eigenvalue weighted by Gasteiger charge is -1.95. The van der Waals surface area contributed by atoms with Gasteiger partial charge in [-0.25, -0.2) is 0 Å². The quantitative estimate of drug-likeness (QED) is 0.587. The molecule has 1 aliphatic rings. The first kappa shape index (κ1) is 9.87. The predicted molar refractivity (Wildman–Crippen MR) is 56.0 cm³/mol. The van der Waals surface area contributed by atoms with E-state index in [-0.39, 0.29) is 23.9 Å². The van der Waals surface area contributed by atoms with Crippen molar-refractivity contribution in [2.45, 2.75) is 19.3 Å². The smallest absolute Gasteiger partial charge is 0.180 e. The molecule has 0 spiro atoms. The molecule has 0 N–H and O–H groups in total. The van der Waals surface area contributed by atoms with Crippen LogP contribution in [0, 0.1) is 5.92 Å². The molecule has 1 fully saturated rings. The molecule has 0 saturated heterocycles. The van der Waals surface area contributed by atoms with E-state index in [0.29, 0.717) is 9.21 Å². The molecule has 1 saturated carbocycles. The van der Waals surface area contributed by atoms with Crippen molar-refractivity contribution < 1.29 is 9.59 Å². The zero-order valence-corrected chi connectivity index (χ0v) is 9.03. The fraction of sp³-hybridized carbons (Fsp3) is 0.400. The van der Waals surface area contributed by atoms with Crippen molar-refractivity contribution in [1.82, 2.24) is 0 Å². The van der Waals surface area contributed by atoms with Gasteiger partial charge in [0.15, 0.2) is 5.78 Å². The SMILES string of the molecule is O=C(CC(=O)C1CC1)c1ccc(Cl)s1. The van der Waals surface area contributed by atoms with Gasteiger partial charge in [0, 0.05) is 5.92 Å². The zero-order valence-electron chi connectivity index (χ0n) is 7.46. The first-order chi connectivity index (χ1) is 6.66. The van der Waals surface area contributed by atoms with Crippen LogP contribution in [0.2, 0.25) is 4.34 Å². The van der Waals surface area contributed by atoms with Crippen LogP contribution < -0.4 is 0 Å². The molecule has 1 aromatic rings. The third-order valence-corrected chi connectivity index (χ3v) is 3.49. The van der Waals surface area contributed by atoms with E-state index < -0.39 is 0 Å². The van der Waals surface area contributed by atoms with Crippen molar-refractivity contribution in [3.05, 3.63) is 21.3 Å². The van der Waals surface area contributed by atoms with E-state index in [0.717, 1.165) is 12.8 Å². The van der Waals surface area contributed by atoms with Gasteiger partial charge in [0.1, 0.15) is 5.78 Å². The number of thiophene rings is 1. The molecule has 0 atom stereocenters. The summed E-state index contributed by atoms with van der Waals surface area (Å²) >= 11 is 6.93. The highest BCUT2D eigenvalue weighted by atomic mass is 35.5. The average molecular weight is 229 g/mol. The normalized spacial score (nSPS) is 15.5. The third kappa shape index (κ3) is 2.22. The van der Waals surface area contributed by atoms with Gasteiger partial charge in [-0.05, 0) is 25.0 Å². The Labute approximate surface area is 90.9 Å². The Morgan fingerprint density at radius 2 is 2.14 bits per heavy atom. The predicted octanol–water partition coefficient (Wildman–Crippen LogP) is 2.95. The van der Waals surface area contributed by atoms with Gasteiger partial charge < -0.3 is 0 Å². The van der Waals surface area contributed by atoms with Gasteiger partial charge in [-0.2, -0.15) is 0 Å². The Hall–Kier alpha value is -0.670. The summed E-state index contributed by atoms with van der Waals surface area (Å²) < 4.78 is 0.590. The molecule has 0 amide bonds. The number of carbonyl (C=O) groups is 2. The summed E-state index contributed by atoms with van der Waals surface area (Å²) in [5.74, 6) is 0.146. The van der Waals surface area contributed by atoms with Crippen LogP contribution in [-0.4, -0.2) is 11.6 Å². The lowest BCUT2D eigenvalue weighted by atomic mass is 10.1. The van der Waals surface area contributed by atoms with Gasteiger partial charge >= 0.3 is 0 Å². The monoisotopic (exact) mass is 228 g/mol. The van der Waals surface area contributed by atoms with E-state index in [1.165, 1.54) is 11.3 Å². The standard InChI is InChI=1S/C10H9ClO2S/c11-10-4-3-9(14-10)8(13)5-7(12)6-1-2-6/h3-4,6H,1-2,5H2. The van der Waals surface area contributed by atoms with Crippen LogP contribution in [0.5, 0.6) is 0 Å². The summed E-state index contributed by atoms with van der Waals surface area (Å²) in [5.41, 5.74) is 0. The van der Waals surface area contributed by atoms with Crippen LogP contribution in [0.25, 0.3) is 0 Å². The van der Waals surface area contributed by atoms with Gasteiger partial charge in [0.05, 0.1) is 15.6 Å². The van der Waals surface area contributed by atoms with E-state index >= 15 is 0 Å². The highest BCUT2D eigenvalue weighted by Crippen LogP contribution is 2.32. The number of carbonyl (C=O) groups excluding carboxylic acids is 2. The molecule has 1 aromatic heterocycles. The molecule has 0 unspecified atom stereocenters. The summed E-state index contributed by atoms with van der Waals surface area (Å²) in [6.07, 6.45) is 1.95. The van der Waals surface area contributed by atoms with Crippen LogP contribution in [-0.2, 0) is 4.79 Å². The molecular formula is C10H9ClO2S. The molecule has 0 aliphatic heterocycles. The van der Waals surface area contributed by atoms with Crippen LogP contribution in [0.15, 0.2) is 12.1 Å². The summed E-state index contributed by atoms with van der Waals surface area (Å²) in [4.78, 5) is 23.5. The third-order valence-electron chi connectivity index (χ3n) is 2.22. The first-order valence-corrected chi connectivity index (χ1v) is 5.67. The van der Waals surface area contributed by atoms with E-state index in [1.807, 2.05) is 0 Å². The number of hydrogen-bond acceptors (Lipinski definition) is 3. The van der Waals surface area contributed by atoms with Crippen LogP contribution in [0.1, 0.15) is 28.9 Å². The van der Waals surface area contributed by atoms with Gasteiger partial charge in [-0.1, -0.05) is 11.6 Å². The van der Waals surface area contributed by atoms with Crippen molar-refractivity contribution in [2.24, 2.45) is 5.92 Å². The fourth-order valence-corrected chi connectivity index (χ4v) is 2.24. The summed E-state index contributed by atoms with van der Waals surface area (Å²) in [6, 6.07) is 3.36. The van der Waals surface area contributed by atoms with Crippen molar-refractivity contribution in [3.63, 3.8) is 0 Å².